The number of rotatable bonds is 6. The maximum Gasteiger partial charge on any atom is 0.344 e. The number of sulfone groups is 1. The summed E-state index contributed by atoms with van der Waals surface area (Å²) in [5, 5.41) is 3.40. The van der Waals surface area contributed by atoms with E-state index in [-0.39, 0.29) is 30.1 Å². The topological polar surface area (TPSA) is 112 Å². The number of methoxy groups -OCH3 is 1. The Kier molecular flexibility index (Phi) is 5.69. The average Bonchev–Trinajstić information content (AvgIpc) is 3.09. The largest absolute Gasteiger partial charge is 0.493 e. The Morgan fingerprint density at radius 2 is 1.97 bits per heavy atom. The van der Waals surface area contributed by atoms with Crippen LogP contribution in [-0.4, -0.2) is 45.6 Å². The molecule has 0 bridgehead atoms. The molecule has 0 aliphatic carbocycles. The maximum absolute atomic E-state index is 12.5. The standard InChI is InChI=1S/C22H21NO7S/c1-28-19-4-2-3-15-11-18(22(25)30-21(15)19)14-5-7-17(8-6-14)29-12-20(24)23-16-9-10-31(26,27)13-16/h2-8,11,16H,9-10,12-13H2,1H3,(H,23,24). The molecule has 9 heteroatoms. The molecule has 1 fully saturated rings. The molecule has 1 N–H and O–H groups in total. The van der Waals surface area contributed by atoms with E-state index in [0.717, 1.165) is 5.39 Å². The second-order valence-corrected chi connectivity index (χ2v) is 9.54. The van der Waals surface area contributed by atoms with E-state index < -0.39 is 15.5 Å². The van der Waals surface area contributed by atoms with Crippen LogP contribution in [0.5, 0.6) is 11.5 Å². The van der Waals surface area contributed by atoms with Crippen molar-refractivity contribution in [3.63, 3.8) is 0 Å². The highest BCUT2D eigenvalue weighted by atomic mass is 32.2. The number of para-hydroxylation sites is 1. The van der Waals surface area contributed by atoms with Crippen LogP contribution in [0.15, 0.2) is 57.7 Å². The van der Waals surface area contributed by atoms with Crippen molar-refractivity contribution in [3.8, 4) is 22.6 Å². The lowest BCUT2D eigenvalue weighted by Gasteiger charge is -2.12. The van der Waals surface area contributed by atoms with Gasteiger partial charge in [-0.15, -0.1) is 0 Å². The average molecular weight is 443 g/mol. The highest BCUT2D eigenvalue weighted by molar-refractivity contribution is 7.91. The van der Waals surface area contributed by atoms with Crippen molar-refractivity contribution in [1.29, 1.82) is 0 Å². The molecule has 0 saturated carbocycles. The quantitative estimate of drug-likeness (QED) is 0.581. The summed E-state index contributed by atoms with van der Waals surface area (Å²) < 4.78 is 39.1. The van der Waals surface area contributed by atoms with Crippen molar-refractivity contribution in [2.45, 2.75) is 12.5 Å². The highest BCUT2D eigenvalue weighted by Gasteiger charge is 2.28. The molecule has 2 aromatic carbocycles. The van der Waals surface area contributed by atoms with Gasteiger partial charge >= 0.3 is 5.63 Å². The Labute approximate surface area is 178 Å². The number of hydrogen-bond acceptors (Lipinski definition) is 7. The third-order valence-corrected chi connectivity index (χ3v) is 6.84. The van der Waals surface area contributed by atoms with Crippen LogP contribution in [0, 0.1) is 0 Å². The van der Waals surface area contributed by atoms with Crippen LogP contribution in [-0.2, 0) is 14.6 Å². The molecule has 0 radical (unpaired) electrons. The molecule has 1 aromatic heterocycles. The molecule has 162 valence electrons. The molecular weight excluding hydrogens is 422 g/mol. The molecule has 1 saturated heterocycles. The zero-order valence-corrected chi connectivity index (χ0v) is 17.6. The second-order valence-electron chi connectivity index (χ2n) is 7.31. The van der Waals surface area contributed by atoms with Gasteiger partial charge in [0.2, 0.25) is 0 Å². The van der Waals surface area contributed by atoms with Gasteiger partial charge in [-0.1, -0.05) is 24.3 Å². The fourth-order valence-electron chi connectivity index (χ4n) is 3.54. The number of ether oxygens (including phenoxy) is 2. The SMILES string of the molecule is COc1cccc2cc(-c3ccc(OCC(=O)NC4CCS(=O)(=O)C4)cc3)c(=O)oc12. The third-order valence-electron chi connectivity index (χ3n) is 5.08. The molecule has 8 nitrogen and oxygen atoms in total. The Balaban J connectivity index is 1.43. The van der Waals surface area contributed by atoms with Crippen LogP contribution in [0.4, 0.5) is 0 Å². The molecule has 1 aliphatic rings. The van der Waals surface area contributed by atoms with Gasteiger partial charge in [-0.2, -0.15) is 0 Å². The normalized spacial score (nSPS) is 17.4. The monoisotopic (exact) mass is 443 g/mol. The summed E-state index contributed by atoms with van der Waals surface area (Å²) in [6, 6.07) is 13.4. The van der Waals surface area contributed by atoms with Crippen molar-refractivity contribution < 1.29 is 27.1 Å². The molecule has 0 spiro atoms. The van der Waals surface area contributed by atoms with Gasteiger partial charge in [-0.3, -0.25) is 4.79 Å². The Bertz CT molecular complexity index is 1280. The lowest BCUT2D eigenvalue weighted by atomic mass is 10.1. The van der Waals surface area contributed by atoms with E-state index >= 15 is 0 Å². The van der Waals surface area contributed by atoms with Crippen molar-refractivity contribution in [2.24, 2.45) is 0 Å². The zero-order valence-electron chi connectivity index (χ0n) is 16.8. The zero-order chi connectivity index (χ0) is 22.0. The first-order valence-electron chi connectivity index (χ1n) is 9.68. The summed E-state index contributed by atoms with van der Waals surface area (Å²) in [5.41, 5.74) is 0.940. The van der Waals surface area contributed by atoms with Crippen LogP contribution < -0.4 is 20.4 Å². The smallest absolute Gasteiger partial charge is 0.344 e. The van der Waals surface area contributed by atoms with Gasteiger partial charge < -0.3 is 19.2 Å². The number of fused-ring (bicyclic) bond motifs is 1. The van der Waals surface area contributed by atoms with Crippen LogP contribution in [0.25, 0.3) is 22.1 Å². The Hall–Kier alpha value is -3.33. The van der Waals surface area contributed by atoms with Crippen LogP contribution >= 0.6 is 0 Å². The molecule has 1 atom stereocenters. The molecule has 4 rings (SSSR count). The number of carbonyl (C=O) groups excluding carboxylic acids is 1. The minimum atomic E-state index is -3.06. The fourth-order valence-corrected chi connectivity index (χ4v) is 5.21. The predicted octanol–water partition coefficient (Wildman–Crippen LogP) is 2.15. The van der Waals surface area contributed by atoms with E-state index in [1.165, 1.54) is 7.11 Å². The minimum Gasteiger partial charge on any atom is -0.493 e. The van der Waals surface area contributed by atoms with Gasteiger partial charge in [0.25, 0.3) is 5.91 Å². The van der Waals surface area contributed by atoms with E-state index in [4.69, 9.17) is 13.9 Å². The molecule has 2 heterocycles. The van der Waals surface area contributed by atoms with E-state index in [1.807, 2.05) is 12.1 Å². The molecule has 31 heavy (non-hydrogen) atoms. The third kappa shape index (κ3) is 4.72. The van der Waals surface area contributed by atoms with Crippen molar-refractivity contribution in [1.82, 2.24) is 5.32 Å². The minimum absolute atomic E-state index is 0.0341. The number of carbonyl (C=O) groups is 1. The van der Waals surface area contributed by atoms with E-state index in [2.05, 4.69) is 5.32 Å². The molecule has 1 unspecified atom stereocenters. The number of benzene rings is 2. The van der Waals surface area contributed by atoms with Gasteiger partial charge in [-0.05, 0) is 36.2 Å². The van der Waals surface area contributed by atoms with Crippen LogP contribution in [0.2, 0.25) is 0 Å². The number of nitrogens with one attached hydrogen (secondary N) is 1. The van der Waals surface area contributed by atoms with Crippen molar-refractivity contribution in [3.05, 3.63) is 59.0 Å². The summed E-state index contributed by atoms with van der Waals surface area (Å²) in [6.45, 7) is -0.228. The van der Waals surface area contributed by atoms with Gasteiger partial charge in [0.1, 0.15) is 5.75 Å². The van der Waals surface area contributed by atoms with Gasteiger partial charge in [0.05, 0.1) is 24.2 Å². The highest BCUT2D eigenvalue weighted by Crippen LogP contribution is 2.28. The summed E-state index contributed by atoms with van der Waals surface area (Å²) in [6.07, 6.45) is 0.420. The summed E-state index contributed by atoms with van der Waals surface area (Å²) in [4.78, 5) is 24.5. The lowest BCUT2D eigenvalue weighted by Crippen LogP contribution is -2.38. The second kappa shape index (κ2) is 8.43. The predicted molar refractivity (Wildman–Crippen MR) is 115 cm³/mol. The van der Waals surface area contributed by atoms with E-state index in [0.29, 0.717) is 34.6 Å². The first-order valence-corrected chi connectivity index (χ1v) is 11.5. The number of hydrogen-bond donors (Lipinski definition) is 1. The van der Waals surface area contributed by atoms with Gasteiger partial charge in [-0.25, -0.2) is 13.2 Å². The van der Waals surface area contributed by atoms with Crippen LogP contribution in [0.3, 0.4) is 0 Å². The lowest BCUT2D eigenvalue weighted by molar-refractivity contribution is -0.123. The van der Waals surface area contributed by atoms with Crippen molar-refractivity contribution in [2.75, 3.05) is 25.2 Å². The van der Waals surface area contributed by atoms with Crippen LogP contribution in [0.1, 0.15) is 6.42 Å². The van der Waals surface area contributed by atoms with Crippen molar-refractivity contribution >= 4 is 26.7 Å². The summed E-state index contributed by atoms with van der Waals surface area (Å²) in [5.74, 6) is 0.613. The summed E-state index contributed by atoms with van der Waals surface area (Å²) in [7, 11) is -1.55. The van der Waals surface area contributed by atoms with Gasteiger partial charge in [0.15, 0.2) is 27.8 Å². The molecule has 1 aliphatic heterocycles. The summed E-state index contributed by atoms with van der Waals surface area (Å²) >= 11 is 0. The molecular formula is C22H21NO7S. The first-order chi connectivity index (χ1) is 14.8. The van der Waals surface area contributed by atoms with Gasteiger partial charge in [0, 0.05) is 11.4 Å². The fraction of sp³-hybridized carbons (Fsp3) is 0.273. The molecule has 1 amide bonds. The van der Waals surface area contributed by atoms with E-state index in [9.17, 15) is 18.0 Å². The molecule has 3 aromatic rings. The Morgan fingerprint density at radius 3 is 2.65 bits per heavy atom. The Morgan fingerprint density at radius 1 is 1.19 bits per heavy atom. The van der Waals surface area contributed by atoms with E-state index in [1.54, 1.807) is 36.4 Å². The first kappa shape index (κ1) is 20.9. The number of amides is 1. The maximum atomic E-state index is 12.5.